The van der Waals surface area contributed by atoms with Crippen molar-refractivity contribution in [1.29, 1.82) is 0 Å². The molecule has 0 saturated heterocycles. The zero-order valence-corrected chi connectivity index (χ0v) is 18.3. The first-order valence-corrected chi connectivity index (χ1v) is 10.8. The van der Waals surface area contributed by atoms with Gasteiger partial charge in [-0.1, -0.05) is 56.3 Å². The standard InChI is InChI=1S/C27H21FN4O/c1-17(2)19-8-3-4-9-20(19)21-10-7-11-22(28)25(21)26-31-27(33-32-26)18-13-14-24(30-16-18)23-12-5-6-15-29-23/h3-17H,1-2H3/p+1. The van der Waals surface area contributed by atoms with Crippen molar-refractivity contribution in [2.24, 2.45) is 0 Å². The summed E-state index contributed by atoms with van der Waals surface area (Å²) in [6, 6.07) is 22.5. The smallest absolute Gasteiger partial charge is 0.255 e. The highest BCUT2D eigenvalue weighted by atomic mass is 19.1. The fourth-order valence-corrected chi connectivity index (χ4v) is 3.91. The Labute approximate surface area is 191 Å². The number of nitrogens with zero attached hydrogens (tertiary/aromatic N) is 3. The predicted octanol–water partition coefficient (Wildman–Crippen LogP) is 6.21. The quantitative estimate of drug-likeness (QED) is 0.328. The number of nitrogens with one attached hydrogen (secondary N) is 1. The topological polar surface area (TPSA) is 66.0 Å². The van der Waals surface area contributed by atoms with Gasteiger partial charge in [0.15, 0.2) is 5.16 Å². The Balaban J connectivity index is 1.54. The van der Waals surface area contributed by atoms with Gasteiger partial charge in [-0.25, -0.2) is 8.91 Å². The van der Waals surface area contributed by atoms with Crippen molar-refractivity contribution in [2.45, 2.75) is 19.8 Å². The number of rotatable bonds is 5. The van der Waals surface area contributed by atoms with E-state index >= 15 is 4.39 Å². The molecule has 6 heteroatoms. The third-order valence-electron chi connectivity index (χ3n) is 5.54. The van der Waals surface area contributed by atoms with Crippen LogP contribution in [-0.4, -0.2) is 15.1 Å². The third-order valence-corrected chi connectivity index (χ3v) is 5.54. The van der Waals surface area contributed by atoms with Crippen LogP contribution in [0.2, 0.25) is 0 Å². The van der Waals surface area contributed by atoms with Gasteiger partial charge < -0.3 is 0 Å². The van der Waals surface area contributed by atoms with Gasteiger partial charge in [0.1, 0.15) is 11.4 Å². The average Bonchev–Trinajstić information content (AvgIpc) is 3.34. The number of halogens is 1. The van der Waals surface area contributed by atoms with Crippen LogP contribution in [0.25, 0.3) is 45.4 Å². The minimum Gasteiger partial charge on any atom is -0.255 e. The minimum absolute atomic E-state index is 0.290. The molecule has 3 heterocycles. The van der Waals surface area contributed by atoms with E-state index in [9.17, 15) is 0 Å². The summed E-state index contributed by atoms with van der Waals surface area (Å²) in [5, 5.41) is 4.15. The predicted molar refractivity (Wildman–Crippen MR) is 124 cm³/mol. The molecule has 5 aromatic rings. The first kappa shape index (κ1) is 20.7. The van der Waals surface area contributed by atoms with Crippen LogP contribution in [0.15, 0.2) is 89.7 Å². The number of hydrogen-bond donors (Lipinski definition) is 0. The van der Waals surface area contributed by atoms with E-state index in [1.54, 1.807) is 18.5 Å². The largest absolute Gasteiger partial charge is 0.382 e. The summed E-state index contributed by atoms with van der Waals surface area (Å²) < 4.78 is 20.6. The van der Waals surface area contributed by atoms with Crippen LogP contribution in [0.3, 0.4) is 0 Å². The molecule has 0 aliphatic heterocycles. The van der Waals surface area contributed by atoms with Gasteiger partial charge in [-0.2, -0.15) is 4.98 Å². The number of hydrogen-bond acceptors (Lipinski definition) is 4. The maximum Gasteiger partial charge on any atom is 0.382 e. The Morgan fingerprint density at radius 3 is 2.36 bits per heavy atom. The van der Waals surface area contributed by atoms with E-state index in [0.29, 0.717) is 22.8 Å². The molecule has 5 nitrogen and oxygen atoms in total. The minimum atomic E-state index is -0.370. The van der Waals surface area contributed by atoms with Gasteiger partial charge in [-0.05, 0) is 47.4 Å². The summed E-state index contributed by atoms with van der Waals surface area (Å²) in [6.07, 6.45) is 3.41. The van der Waals surface area contributed by atoms with Gasteiger partial charge in [0, 0.05) is 18.0 Å². The highest BCUT2D eigenvalue weighted by molar-refractivity contribution is 5.82. The second-order valence-corrected chi connectivity index (χ2v) is 8.04. The van der Waals surface area contributed by atoms with E-state index in [4.69, 9.17) is 4.52 Å². The zero-order valence-electron chi connectivity index (χ0n) is 18.3. The fourth-order valence-electron chi connectivity index (χ4n) is 3.91. The normalized spacial score (nSPS) is 11.2. The fraction of sp³-hybridized carbons (Fsp3) is 0.111. The molecule has 0 fully saturated rings. The van der Waals surface area contributed by atoms with Crippen LogP contribution in [0.4, 0.5) is 4.39 Å². The molecule has 0 unspecified atom stereocenters. The maximum atomic E-state index is 15.1. The van der Waals surface area contributed by atoms with E-state index in [1.807, 2.05) is 54.6 Å². The monoisotopic (exact) mass is 437 g/mol. The summed E-state index contributed by atoms with van der Waals surface area (Å²) in [6.45, 7) is 4.25. The van der Waals surface area contributed by atoms with E-state index in [2.05, 4.69) is 40.0 Å². The van der Waals surface area contributed by atoms with Gasteiger partial charge in [-0.15, -0.1) is 0 Å². The number of pyridine rings is 2. The lowest BCUT2D eigenvalue weighted by Gasteiger charge is -2.14. The van der Waals surface area contributed by atoms with Crippen molar-refractivity contribution in [1.82, 2.24) is 15.1 Å². The van der Waals surface area contributed by atoms with Crippen LogP contribution in [0, 0.1) is 5.82 Å². The van der Waals surface area contributed by atoms with Crippen LogP contribution in [-0.2, 0) is 0 Å². The zero-order chi connectivity index (χ0) is 22.8. The van der Waals surface area contributed by atoms with Crippen molar-refractivity contribution in [2.75, 3.05) is 0 Å². The van der Waals surface area contributed by atoms with Crippen LogP contribution in [0.5, 0.6) is 0 Å². The first-order valence-electron chi connectivity index (χ1n) is 10.8. The van der Waals surface area contributed by atoms with E-state index in [1.165, 1.54) is 6.07 Å². The molecule has 3 aromatic heterocycles. The van der Waals surface area contributed by atoms with E-state index in [-0.39, 0.29) is 11.7 Å². The SMILES string of the molecule is CC(C)c1ccccc1-c1cccc(F)c1-c1noc(-c2ccc(-c3ccccn3)nc2)[nH+]1. The first-order chi connectivity index (χ1) is 16.1. The van der Waals surface area contributed by atoms with Crippen molar-refractivity contribution < 1.29 is 13.9 Å². The van der Waals surface area contributed by atoms with E-state index in [0.717, 1.165) is 28.1 Å². The molecule has 33 heavy (non-hydrogen) atoms. The Morgan fingerprint density at radius 2 is 1.61 bits per heavy atom. The van der Waals surface area contributed by atoms with Crippen LogP contribution < -0.4 is 4.98 Å². The molecule has 0 amide bonds. The summed E-state index contributed by atoms with van der Waals surface area (Å²) in [4.78, 5) is 11.9. The molecule has 5 rings (SSSR count). The molecule has 0 saturated carbocycles. The molecule has 0 spiro atoms. The van der Waals surface area contributed by atoms with Gasteiger partial charge >= 0.3 is 11.7 Å². The van der Waals surface area contributed by atoms with Gasteiger partial charge in [-0.3, -0.25) is 9.97 Å². The van der Waals surface area contributed by atoms with Crippen molar-refractivity contribution in [3.63, 3.8) is 0 Å². The second kappa shape index (κ2) is 8.74. The number of aromatic nitrogens is 4. The van der Waals surface area contributed by atoms with Gasteiger partial charge in [0.2, 0.25) is 0 Å². The number of H-pyrrole nitrogens is 1. The van der Waals surface area contributed by atoms with Crippen LogP contribution >= 0.6 is 0 Å². The number of benzene rings is 2. The molecule has 0 atom stereocenters. The Bertz CT molecular complexity index is 1400. The lowest BCUT2D eigenvalue weighted by atomic mass is 9.90. The second-order valence-electron chi connectivity index (χ2n) is 8.04. The molecule has 0 radical (unpaired) electrons. The third kappa shape index (κ3) is 4.03. The molecule has 162 valence electrons. The summed E-state index contributed by atoms with van der Waals surface area (Å²) in [7, 11) is 0. The lowest BCUT2D eigenvalue weighted by molar-refractivity contribution is -0.356. The Kier molecular flexibility index (Phi) is 5.48. The molecule has 0 aliphatic rings. The highest BCUT2D eigenvalue weighted by Gasteiger charge is 2.26. The summed E-state index contributed by atoms with van der Waals surface area (Å²) >= 11 is 0. The highest BCUT2D eigenvalue weighted by Crippen LogP contribution is 2.36. The summed E-state index contributed by atoms with van der Waals surface area (Å²) in [5.74, 6) is 0.644. The van der Waals surface area contributed by atoms with Gasteiger partial charge in [0.05, 0.1) is 17.0 Å². The molecular weight excluding hydrogens is 415 g/mol. The van der Waals surface area contributed by atoms with E-state index < -0.39 is 0 Å². The molecule has 0 bridgehead atoms. The van der Waals surface area contributed by atoms with Crippen LogP contribution in [0.1, 0.15) is 25.3 Å². The van der Waals surface area contributed by atoms with Gasteiger partial charge in [0.25, 0.3) is 0 Å². The lowest BCUT2D eigenvalue weighted by Crippen LogP contribution is -2.08. The molecule has 1 N–H and O–H groups in total. The van der Waals surface area contributed by atoms with Crippen molar-refractivity contribution in [3.05, 3.63) is 96.6 Å². The molecule has 2 aromatic carbocycles. The Morgan fingerprint density at radius 1 is 0.818 bits per heavy atom. The van der Waals surface area contributed by atoms with Crippen molar-refractivity contribution in [3.8, 4) is 45.4 Å². The molecule has 0 aliphatic carbocycles. The summed E-state index contributed by atoms with van der Waals surface area (Å²) in [5.41, 5.74) is 5.49. The number of aromatic amines is 1. The Hall–Kier alpha value is -4.19. The average molecular weight is 437 g/mol. The maximum absolute atomic E-state index is 15.1. The van der Waals surface area contributed by atoms with Crippen molar-refractivity contribution >= 4 is 0 Å². The molecular formula is C27H22FN4O+.